The van der Waals surface area contributed by atoms with Gasteiger partial charge in [-0.25, -0.2) is 0 Å². The summed E-state index contributed by atoms with van der Waals surface area (Å²) in [4.78, 5) is 10.8. The summed E-state index contributed by atoms with van der Waals surface area (Å²) in [5.41, 5.74) is 1.63. The summed E-state index contributed by atoms with van der Waals surface area (Å²) < 4.78 is 0. The van der Waals surface area contributed by atoms with Gasteiger partial charge >= 0.3 is 0 Å². The lowest BCUT2D eigenvalue weighted by atomic mass is 10.2. The van der Waals surface area contributed by atoms with Crippen LogP contribution in [-0.4, -0.2) is 23.7 Å². The number of aliphatic hydroxyl groups excluding tert-OH is 1. The van der Waals surface area contributed by atoms with Gasteiger partial charge in [0.2, 0.25) is 5.91 Å². The van der Waals surface area contributed by atoms with Gasteiger partial charge in [0, 0.05) is 24.8 Å². The number of amides is 1. The van der Waals surface area contributed by atoms with Crippen LogP contribution < -0.4 is 10.6 Å². The average Bonchev–Trinajstić information content (AvgIpc) is 2.14. The molecule has 0 radical (unpaired) electrons. The largest absolute Gasteiger partial charge is 0.392 e. The van der Waals surface area contributed by atoms with Gasteiger partial charge in [0.05, 0.1) is 6.10 Å². The smallest absolute Gasteiger partial charge is 0.221 e. The minimum atomic E-state index is -0.394. The van der Waals surface area contributed by atoms with E-state index in [-0.39, 0.29) is 5.91 Å². The second-order valence-electron chi connectivity index (χ2n) is 3.49. The van der Waals surface area contributed by atoms with Gasteiger partial charge in [-0.15, -0.1) is 0 Å². The quantitative estimate of drug-likeness (QED) is 0.701. The van der Waals surface area contributed by atoms with Gasteiger partial charge < -0.3 is 15.7 Å². The van der Waals surface area contributed by atoms with E-state index in [1.165, 1.54) is 6.92 Å². The van der Waals surface area contributed by atoms with Crippen LogP contribution in [0.4, 0.5) is 11.4 Å². The lowest BCUT2D eigenvalue weighted by Crippen LogP contribution is -2.15. The molecule has 1 aromatic rings. The number of rotatable bonds is 4. The Morgan fingerprint density at radius 1 is 1.47 bits per heavy atom. The summed E-state index contributed by atoms with van der Waals surface area (Å²) >= 11 is 0. The van der Waals surface area contributed by atoms with Crippen LogP contribution in [0.25, 0.3) is 0 Å². The van der Waals surface area contributed by atoms with Crippen LogP contribution in [0, 0.1) is 0 Å². The molecule has 0 aliphatic carbocycles. The molecule has 15 heavy (non-hydrogen) atoms. The lowest BCUT2D eigenvalue weighted by Gasteiger charge is -2.09. The summed E-state index contributed by atoms with van der Waals surface area (Å²) in [6, 6.07) is 7.36. The van der Waals surface area contributed by atoms with Gasteiger partial charge in [0.15, 0.2) is 0 Å². The zero-order valence-corrected chi connectivity index (χ0v) is 8.95. The third kappa shape index (κ3) is 4.46. The average molecular weight is 208 g/mol. The number of hydrogen-bond donors (Lipinski definition) is 3. The van der Waals surface area contributed by atoms with E-state index < -0.39 is 6.10 Å². The molecule has 0 aliphatic rings. The molecule has 0 aromatic heterocycles. The van der Waals surface area contributed by atoms with Crippen molar-refractivity contribution in [3.05, 3.63) is 24.3 Å². The molecule has 0 saturated heterocycles. The van der Waals surface area contributed by atoms with Crippen LogP contribution in [0.15, 0.2) is 24.3 Å². The van der Waals surface area contributed by atoms with E-state index in [2.05, 4.69) is 10.6 Å². The van der Waals surface area contributed by atoms with Crippen molar-refractivity contribution in [3.63, 3.8) is 0 Å². The number of carbonyl (C=O) groups excluding carboxylic acids is 1. The van der Waals surface area contributed by atoms with Gasteiger partial charge in [-0.05, 0) is 25.1 Å². The van der Waals surface area contributed by atoms with Gasteiger partial charge in [-0.3, -0.25) is 4.79 Å². The van der Waals surface area contributed by atoms with Crippen molar-refractivity contribution >= 4 is 17.3 Å². The van der Waals surface area contributed by atoms with Crippen LogP contribution in [0.1, 0.15) is 13.8 Å². The fourth-order valence-electron chi connectivity index (χ4n) is 1.18. The third-order valence-corrected chi connectivity index (χ3v) is 1.78. The van der Waals surface area contributed by atoms with Crippen molar-refractivity contribution in [1.82, 2.24) is 0 Å². The van der Waals surface area contributed by atoms with E-state index in [9.17, 15) is 4.79 Å². The molecule has 82 valence electrons. The van der Waals surface area contributed by atoms with Crippen LogP contribution in [-0.2, 0) is 4.79 Å². The highest BCUT2D eigenvalue weighted by Gasteiger charge is 1.98. The molecule has 1 aromatic carbocycles. The Balaban J connectivity index is 2.61. The van der Waals surface area contributed by atoms with E-state index in [1.807, 2.05) is 24.3 Å². The molecule has 4 nitrogen and oxygen atoms in total. The first-order valence-electron chi connectivity index (χ1n) is 4.87. The monoisotopic (exact) mass is 208 g/mol. The molecule has 1 atom stereocenters. The fourth-order valence-corrected chi connectivity index (χ4v) is 1.18. The van der Waals surface area contributed by atoms with E-state index >= 15 is 0 Å². The molecule has 0 heterocycles. The highest BCUT2D eigenvalue weighted by atomic mass is 16.3. The number of benzene rings is 1. The Bertz CT molecular complexity index is 337. The van der Waals surface area contributed by atoms with E-state index in [0.29, 0.717) is 6.54 Å². The number of aliphatic hydroxyl groups is 1. The van der Waals surface area contributed by atoms with Crippen molar-refractivity contribution in [1.29, 1.82) is 0 Å². The van der Waals surface area contributed by atoms with Gasteiger partial charge in [0.25, 0.3) is 0 Å². The first-order chi connectivity index (χ1) is 7.08. The first-order valence-corrected chi connectivity index (χ1v) is 4.87. The molecule has 0 saturated carbocycles. The van der Waals surface area contributed by atoms with Crippen molar-refractivity contribution in [2.24, 2.45) is 0 Å². The molecule has 1 unspecified atom stereocenters. The molecule has 0 bridgehead atoms. The zero-order valence-electron chi connectivity index (χ0n) is 8.95. The van der Waals surface area contributed by atoms with E-state index in [0.717, 1.165) is 11.4 Å². The molecular formula is C11H16N2O2. The normalized spacial score (nSPS) is 11.9. The summed E-state index contributed by atoms with van der Waals surface area (Å²) in [5, 5.41) is 14.8. The SMILES string of the molecule is CC(=O)Nc1cccc(NCC(C)O)c1. The van der Waals surface area contributed by atoms with E-state index in [4.69, 9.17) is 5.11 Å². The minimum Gasteiger partial charge on any atom is -0.392 e. The molecular weight excluding hydrogens is 192 g/mol. The third-order valence-electron chi connectivity index (χ3n) is 1.78. The predicted molar refractivity (Wildman–Crippen MR) is 60.9 cm³/mol. The second kappa shape index (κ2) is 5.36. The molecule has 0 spiro atoms. The maximum absolute atomic E-state index is 10.8. The fraction of sp³-hybridized carbons (Fsp3) is 0.364. The maximum Gasteiger partial charge on any atom is 0.221 e. The zero-order chi connectivity index (χ0) is 11.3. The van der Waals surface area contributed by atoms with Crippen molar-refractivity contribution in [2.45, 2.75) is 20.0 Å². The Kier molecular flexibility index (Phi) is 4.12. The highest BCUT2D eigenvalue weighted by Crippen LogP contribution is 2.14. The molecule has 1 amide bonds. The van der Waals surface area contributed by atoms with Crippen molar-refractivity contribution in [2.75, 3.05) is 17.2 Å². The Labute approximate surface area is 89.3 Å². The van der Waals surface area contributed by atoms with Gasteiger partial charge in [0.1, 0.15) is 0 Å². The number of anilines is 2. The molecule has 0 fully saturated rings. The van der Waals surface area contributed by atoms with Crippen LogP contribution in [0.2, 0.25) is 0 Å². The first kappa shape index (κ1) is 11.5. The Morgan fingerprint density at radius 3 is 2.73 bits per heavy atom. The predicted octanol–water partition coefficient (Wildman–Crippen LogP) is 1.44. The Morgan fingerprint density at radius 2 is 2.13 bits per heavy atom. The standard InChI is InChI=1S/C11H16N2O2/c1-8(14)7-12-10-4-3-5-11(6-10)13-9(2)15/h3-6,8,12,14H,7H2,1-2H3,(H,13,15). The van der Waals surface area contributed by atoms with Crippen LogP contribution in [0.3, 0.4) is 0 Å². The molecule has 0 aliphatic heterocycles. The minimum absolute atomic E-state index is 0.0947. The number of nitrogens with one attached hydrogen (secondary N) is 2. The van der Waals surface area contributed by atoms with Crippen molar-refractivity contribution in [3.8, 4) is 0 Å². The van der Waals surface area contributed by atoms with Gasteiger partial charge in [-0.2, -0.15) is 0 Å². The molecule has 4 heteroatoms. The molecule has 3 N–H and O–H groups in total. The van der Waals surface area contributed by atoms with Crippen molar-refractivity contribution < 1.29 is 9.90 Å². The van der Waals surface area contributed by atoms with E-state index in [1.54, 1.807) is 6.92 Å². The summed E-state index contributed by atoms with van der Waals surface area (Å²) in [6.45, 7) is 3.67. The number of hydrogen-bond acceptors (Lipinski definition) is 3. The summed E-state index contributed by atoms with van der Waals surface area (Å²) in [7, 11) is 0. The maximum atomic E-state index is 10.8. The number of carbonyl (C=O) groups is 1. The lowest BCUT2D eigenvalue weighted by molar-refractivity contribution is -0.114. The van der Waals surface area contributed by atoms with Crippen LogP contribution in [0.5, 0.6) is 0 Å². The summed E-state index contributed by atoms with van der Waals surface area (Å²) in [5.74, 6) is -0.0947. The topological polar surface area (TPSA) is 61.4 Å². The molecule has 1 rings (SSSR count). The van der Waals surface area contributed by atoms with Gasteiger partial charge in [-0.1, -0.05) is 6.07 Å². The second-order valence-corrected chi connectivity index (χ2v) is 3.49. The Hall–Kier alpha value is -1.55. The highest BCUT2D eigenvalue weighted by molar-refractivity contribution is 5.89. The van der Waals surface area contributed by atoms with Crippen LogP contribution >= 0.6 is 0 Å². The summed E-state index contributed by atoms with van der Waals surface area (Å²) in [6.07, 6.45) is -0.394.